The molecule has 6 heteroatoms. The molecule has 0 saturated heterocycles. The summed E-state index contributed by atoms with van der Waals surface area (Å²) in [6.07, 6.45) is 0.205. The molecule has 0 aliphatic heterocycles. The molecular weight excluding hydrogens is 326 g/mol. The Morgan fingerprint density at radius 3 is 2.47 bits per heavy atom. The highest BCUT2D eigenvalue weighted by Crippen LogP contribution is 2.36. The molecule has 0 N–H and O–H groups in total. The van der Waals surface area contributed by atoms with Crippen LogP contribution in [0.1, 0.15) is 5.56 Å². The largest absolute Gasteiger partial charge is 0.236 e. The molecule has 0 amide bonds. The fraction of sp³-hybridized carbons (Fsp3) is 0.0769. The summed E-state index contributed by atoms with van der Waals surface area (Å²) in [5, 5.41) is 10.1. The molecule has 2 nitrogen and oxygen atoms in total. The van der Waals surface area contributed by atoms with Gasteiger partial charge in [0.1, 0.15) is 5.15 Å². The van der Waals surface area contributed by atoms with Crippen LogP contribution in [0.4, 0.5) is 0 Å². The molecule has 0 fully saturated rings. The molecule has 0 saturated carbocycles. The molecule has 0 aliphatic carbocycles. The second kappa shape index (κ2) is 5.98. The zero-order chi connectivity index (χ0) is 14.0. The highest BCUT2D eigenvalue weighted by Gasteiger charge is 2.12. The third kappa shape index (κ3) is 3.13. The fourth-order valence-electron chi connectivity index (χ4n) is 1.57. The maximum atomic E-state index is 8.65. The van der Waals surface area contributed by atoms with Crippen molar-refractivity contribution in [1.29, 1.82) is 5.26 Å². The number of aromatic nitrogens is 1. The highest BCUT2D eigenvalue weighted by atomic mass is 35.5. The van der Waals surface area contributed by atoms with E-state index in [1.165, 1.54) is 0 Å². The highest BCUT2D eigenvalue weighted by molar-refractivity contribution is 6.45. The molecule has 0 radical (unpaired) electrons. The zero-order valence-electron chi connectivity index (χ0n) is 9.42. The first-order valence-corrected chi connectivity index (χ1v) is 6.71. The number of pyridine rings is 1. The van der Waals surface area contributed by atoms with Gasteiger partial charge in [0.05, 0.1) is 28.2 Å². The first kappa shape index (κ1) is 14.4. The van der Waals surface area contributed by atoms with E-state index in [0.29, 0.717) is 31.9 Å². The van der Waals surface area contributed by atoms with E-state index < -0.39 is 0 Å². The lowest BCUT2D eigenvalue weighted by Gasteiger charge is -2.08. The lowest BCUT2D eigenvalue weighted by atomic mass is 10.1. The van der Waals surface area contributed by atoms with Gasteiger partial charge in [-0.2, -0.15) is 5.26 Å². The predicted octanol–water partition coefficient (Wildman–Crippen LogP) is 5.43. The van der Waals surface area contributed by atoms with Gasteiger partial charge in [0.25, 0.3) is 0 Å². The predicted molar refractivity (Wildman–Crippen MR) is 79.0 cm³/mol. The van der Waals surface area contributed by atoms with Gasteiger partial charge in [-0.15, -0.1) is 0 Å². The standard InChI is InChI=1S/C13H6Cl4N2/c14-8-5-9(12(16)10(15)6-8)11-2-1-7(3-4-18)13(17)19-11/h1-2,5-6H,3H2. The van der Waals surface area contributed by atoms with E-state index in [0.717, 1.165) is 0 Å². The summed E-state index contributed by atoms with van der Waals surface area (Å²) in [5.74, 6) is 0. The molecule has 1 aromatic heterocycles. The number of benzene rings is 1. The lowest BCUT2D eigenvalue weighted by molar-refractivity contribution is 1.19. The van der Waals surface area contributed by atoms with Crippen LogP contribution in [0.3, 0.4) is 0 Å². The number of nitrogens with zero attached hydrogens (tertiary/aromatic N) is 2. The van der Waals surface area contributed by atoms with Gasteiger partial charge < -0.3 is 0 Å². The van der Waals surface area contributed by atoms with Crippen molar-refractivity contribution in [3.8, 4) is 17.3 Å². The Morgan fingerprint density at radius 2 is 1.84 bits per heavy atom. The third-order valence-corrected chi connectivity index (χ3v) is 3.81. The average molecular weight is 332 g/mol. The molecule has 0 unspecified atom stereocenters. The van der Waals surface area contributed by atoms with Crippen LogP contribution in [0, 0.1) is 11.3 Å². The molecular formula is C13H6Cl4N2. The van der Waals surface area contributed by atoms with Gasteiger partial charge in [0.15, 0.2) is 0 Å². The van der Waals surface area contributed by atoms with E-state index in [2.05, 4.69) is 4.98 Å². The molecule has 2 rings (SSSR count). The number of hydrogen-bond donors (Lipinski definition) is 0. The molecule has 0 aliphatic rings. The van der Waals surface area contributed by atoms with Crippen LogP contribution >= 0.6 is 46.4 Å². The molecule has 0 spiro atoms. The maximum absolute atomic E-state index is 8.65. The summed E-state index contributed by atoms with van der Waals surface area (Å²) >= 11 is 24.1. The fourth-order valence-corrected chi connectivity index (χ4v) is 2.49. The number of halogens is 4. The van der Waals surface area contributed by atoms with Gasteiger partial charge in [-0.05, 0) is 18.2 Å². The van der Waals surface area contributed by atoms with Gasteiger partial charge in [-0.25, -0.2) is 4.98 Å². The Bertz CT molecular complexity index is 677. The quantitative estimate of drug-likeness (QED) is 0.543. The van der Waals surface area contributed by atoms with Gasteiger partial charge >= 0.3 is 0 Å². The summed E-state index contributed by atoms with van der Waals surface area (Å²) in [6, 6.07) is 8.71. The van der Waals surface area contributed by atoms with E-state index >= 15 is 0 Å². The minimum Gasteiger partial charge on any atom is -0.236 e. The van der Waals surface area contributed by atoms with Crippen molar-refractivity contribution < 1.29 is 0 Å². The maximum Gasteiger partial charge on any atom is 0.133 e. The van der Waals surface area contributed by atoms with Crippen molar-refractivity contribution in [2.24, 2.45) is 0 Å². The summed E-state index contributed by atoms with van der Waals surface area (Å²) in [5.41, 5.74) is 1.82. The van der Waals surface area contributed by atoms with E-state index in [-0.39, 0.29) is 11.6 Å². The van der Waals surface area contributed by atoms with Gasteiger partial charge in [-0.3, -0.25) is 0 Å². The number of hydrogen-bond acceptors (Lipinski definition) is 2. The second-order valence-corrected chi connectivity index (χ2v) is 5.31. The van der Waals surface area contributed by atoms with Gasteiger partial charge in [0.2, 0.25) is 0 Å². The topological polar surface area (TPSA) is 36.7 Å². The molecule has 0 atom stereocenters. The van der Waals surface area contributed by atoms with Crippen molar-refractivity contribution in [3.63, 3.8) is 0 Å². The summed E-state index contributed by atoms with van der Waals surface area (Å²) < 4.78 is 0. The van der Waals surface area contributed by atoms with Crippen LogP contribution in [0.25, 0.3) is 11.3 Å². The molecule has 96 valence electrons. The van der Waals surface area contributed by atoms with Crippen LogP contribution in [0.2, 0.25) is 20.2 Å². The van der Waals surface area contributed by atoms with E-state index in [9.17, 15) is 0 Å². The van der Waals surface area contributed by atoms with Crippen molar-refractivity contribution in [2.45, 2.75) is 6.42 Å². The zero-order valence-corrected chi connectivity index (χ0v) is 12.4. The Balaban J connectivity index is 2.54. The smallest absolute Gasteiger partial charge is 0.133 e. The van der Waals surface area contributed by atoms with Crippen molar-refractivity contribution >= 4 is 46.4 Å². The van der Waals surface area contributed by atoms with Crippen LogP contribution < -0.4 is 0 Å². The summed E-state index contributed by atoms with van der Waals surface area (Å²) in [7, 11) is 0. The lowest BCUT2D eigenvalue weighted by Crippen LogP contribution is -1.91. The van der Waals surface area contributed by atoms with Crippen LogP contribution in [0.5, 0.6) is 0 Å². The monoisotopic (exact) mass is 330 g/mol. The Morgan fingerprint density at radius 1 is 1.11 bits per heavy atom. The SMILES string of the molecule is N#CCc1ccc(-c2cc(Cl)cc(Cl)c2Cl)nc1Cl. The normalized spacial score (nSPS) is 10.3. The second-order valence-electron chi connectivity index (χ2n) is 3.73. The molecule has 19 heavy (non-hydrogen) atoms. The Hall–Kier alpha value is -0.980. The van der Waals surface area contributed by atoms with Crippen molar-refractivity contribution in [3.05, 3.63) is 50.0 Å². The third-order valence-electron chi connectivity index (χ3n) is 2.46. The van der Waals surface area contributed by atoms with Crippen LogP contribution in [0.15, 0.2) is 24.3 Å². The molecule has 0 bridgehead atoms. The summed E-state index contributed by atoms with van der Waals surface area (Å²) in [4.78, 5) is 4.22. The Kier molecular flexibility index (Phi) is 4.54. The van der Waals surface area contributed by atoms with Gasteiger partial charge in [0, 0.05) is 16.1 Å². The van der Waals surface area contributed by atoms with E-state index in [1.807, 2.05) is 6.07 Å². The summed E-state index contributed by atoms with van der Waals surface area (Å²) in [6.45, 7) is 0. The van der Waals surface area contributed by atoms with Crippen LogP contribution in [-0.2, 0) is 6.42 Å². The average Bonchev–Trinajstić information content (AvgIpc) is 2.36. The molecule has 2 aromatic rings. The Labute approximate surface area is 130 Å². The van der Waals surface area contributed by atoms with E-state index in [1.54, 1.807) is 24.3 Å². The van der Waals surface area contributed by atoms with Crippen molar-refractivity contribution in [1.82, 2.24) is 4.98 Å². The minimum absolute atomic E-state index is 0.205. The van der Waals surface area contributed by atoms with Crippen LogP contribution in [-0.4, -0.2) is 4.98 Å². The first-order chi connectivity index (χ1) is 9.02. The number of nitriles is 1. The minimum atomic E-state index is 0.205. The van der Waals surface area contributed by atoms with E-state index in [4.69, 9.17) is 51.7 Å². The first-order valence-electron chi connectivity index (χ1n) is 5.20. The number of rotatable bonds is 2. The molecule has 1 heterocycles. The van der Waals surface area contributed by atoms with Gasteiger partial charge in [-0.1, -0.05) is 52.5 Å². The molecule has 1 aromatic carbocycles. The van der Waals surface area contributed by atoms with Crippen molar-refractivity contribution in [2.75, 3.05) is 0 Å².